The Morgan fingerprint density at radius 1 is 1.11 bits per heavy atom. The molecule has 4 heteroatoms. The zero-order chi connectivity index (χ0) is 13.1. The first-order valence-corrected chi connectivity index (χ1v) is 6.26. The molecule has 18 heavy (non-hydrogen) atoms. The molecule has 0 aliphatic carbocycles. The Bertz CT molecular complexity index is 540. The number of benzene rings is 2. The lowest BCUT2D eigenvalue weighted by Crippen LogP contribution is -2.04. The van der Waals surface area contributed by atoms with Crippen LogP contribution in [-0.2, 0) is 6.42 Å². The molecule has 0 saturated heterocycles. The molecule has 0 aromatic heterocycles. The van der Waals surface area contributed by atoms with Gasteiger partial charge in [-0.25, -0.2) is 4.39 Å². The lowest BCUT2D eigenvalue weighted by Gasteiger charge is -2.12. The molecule has 0 heterocycles. The predicted molar refractivity (Wildman–Crippen MR) is 70.9 cm³/mol. The highest BCUT2D eigenvalue weighted by Gasteiger charge is 2.13. The van der Waals surface area contributed by atoms with Gasteiger partial charge in [0.05, 0.1) is 6.10 Å². The third-order valence-corrected chi connectivity index (χ3v) is 3.18. The van der Waals surface area contributed by atoms with Crippen LogP contribution in [0, 0.1) is 5.82 Å². The van der Waals surface area contributed by atoms with Gasteiger partial charge in [-0.1, -0.05) is 34.1 Å². The summed E-state index contributed by atoms with van der Waals surface area (Å²) >= 11 is 3.17. The zero-order valence-electron chi connectivity index (χ0n) is 9.48. The molecule has 2 aromatic rings. The summed E-state index contributed by atoms with van der Waals surface area (Å²) in [4.78, 5) is 0. The van der Waals surface area contributed by atoms with E-state index in [4.69, 9.17) is 5.11 Å². The minimum Gasteiger partial charge on any atom is -0.508 e. The van der Waals surface area contributed by atoms with Crippen LogP contribution in [-0.4, -0.2) is 10.2 Å². The van der Waals surface area contributed by atoms with Crippen LogP contribution < -0.4 is 0 Å². The molecule has 0 fully saturated rings. The van der Waals surface area contributed by atoms with Crippen LogP contribution in [0.3, 0.4) is 0 Å². The molecule has 2 nitrogen and oxygen atoms in total. The summed E-state index contributed by atoms with van der Waals surface area (Å²) in [5.41, 5.74) is 1.11. The first-order valence-electron chi connectivity index (χ1n) is 5.47. The smallest absolute Gasteiger partial charge is 0.130 e. The first kappa shape index (κ1) is 13.1. The van der Waals surface area contributed by atoms with Gasteiger partial charge < -0.3 is 10.2 Å². The molecule has 0 radical (unpaired) electrons. The quantitative estimate of drug-likeness (QED) is 0.910. The van der Waals surface area contributed by atoms with Crippen LogP contribution in [0.4, 0.5) is 4.39 Å². The third kappa shape index (κ3) is 3.09. The fourth-order valence-electron chi connectivity index (χ4n) is 1.74. The van der Waals surface area contributed by atoms with E-state index in [9.17, 15) is 9.50 Å². The maximum atomic E-state index is 13.6. The van der Waals surface area contributed by atoms with Crippen LogP contribution in [0.25, 0.3) is 0 Å². The van der Waals surface area contributed by atoms with Gasteiger partial charge in [0.1, 0.15) is 11.6 Å². The number of rotatable bonds is 3. The van der Waals surface area contributed by atoms with Gasteiger partial charge in [-0.15, -0.1) is 0 Å². The van der Waals surface area contributed by atoms with Gasteiger partial charge in [-0.2, -0.15) is 0 Å². The van der Waals surface area contributed by atoms with E-state index in [1.165, 1.54) is 6.07 Å². The minimum atomic E-state index is -0.900. The Morgan fingerprint density at radius 2 is 1.78 bits per heavy atom. The van der Waals surface area contributed by atoms with Crippen molar-refractivity contribution in [2.45, 2.75) is 12.5 Å². The average Bonchev–Trinajstić information content (AvgIpc) is 2.32. The predicted octanol–water partition coefficient (Wildman–Crippen LogP) is 3.57. The summed E-state index contributed by atoms with van der Waals surface area (Å²) < 4.78 is 14.3. The highest BCUT2D eigenvalue weighted by Crippen LogP contribution is 2.24. The molecule has 0 amide bonds. The lowest BCUT2D eigenvalue weighted by atomic mass is 10.0. The second-order valence-electron chi connectivity index (χ2n) is 4.05. The molecule has 0 spiro atoms. The van der Waals surface area contributed by atoms with Crippen LogP contribution in [0.1, 0.15) is 17.2 Å². The van der Waals surface area contributed by atoms with E-state index in [0.717, 1.165) is 5.56 Å². The molecule has 94 valence electrons. The number of aliphatic hydroxyl groups excluding tert-OH is 1. The number of hydrogen-bond acceptors (Lipinski definition) is 2. The molecule has 0 aliphatic rings. The number of hydrogen-bond donors (Lipinski definition) is 2. The Labute approximate surface area is 113 Å². The van der Waals surface area contributed by atoms with Crippen molar-refractivity contribution in [3.05, 3.63) is 63.9 Å². The summed E-state index contributed by atoms with van der Waals surface area (Å²) in [5.74, 6) is -0.265. The van der Waals surface area contributed by atoms with Crippen LogP contribution in [0.5, 0.6) is 5.75 Å². The van der Waals surface area contributed by atoms with Crippen molar-refractivity contribution in [2.24, 2.45) is 0 Å². The second kappa shape index (κ2) is 5.50. The number of halogens is 2. The number of phenols is 1. The van der Waals surface area contributed by atoms with E-state index >= 15 is 0 Å². The number of phenolic OH excluding ortho intramolecular Hbond substituents is 1. The van der Waals surface area contributed by atoms with Gasteiger partial charge in [0.2, 0.25) is 0 Å². The molecule has 2 rings (SSSR count). The van der Waals surface area contributed by atoms with Crippen molar-refractivity contribution in [3.63, 3.8) is 0 Å². The SMILES string of the molecule is Oc1ccc(CC(O)c2ccc(Br)cc2F)cc1. The van der Waals surface area contributed by atoms with Crippen molar-refractivity contribution in [2.75, 3.05) is 0 Å². The Morgan fingerprint density at radius 3 is 2.39 bits per heavy atom. The van der Waals surface area contributed by atoms with E-state index in [1.807, 2.05) is 0 Å². The minimum absolute atomic E-state index is 0.170. The van der Waals surface area contributed by atoms with E-state index in [2.05, 4.69) is 15.9 Å². The molecule has 0 bridgehead atoms. The fraction of sp³-hybridized carbons (Fsp3) is 0.143. The molecule has 2 aromatic carbocycles. The number of aromatic hydroxyl groups is 1. The average molecular weight is 311 g/mol. The molecule has 1 unspecified atom stereocenters. The van der Waals surface area contributed by atoms with Crippen LogP contribution >= 0.6 is 15.9 Å². The van der Waals surface area contributed by atoms with Gasteiger partial charge in [0.15, 0.2) is 0 Å². The normalized spacial score (nSPS) is 12.4. The molecule has 2 N–H and O–H groups in total. The van der Waals surface area contributed by atoms with Crippen molar-refractivity contribution in [1.82, 2.24) is 0 Å². The maximum Gasteiger partial charge on any atom is 0.130 e. The van der Waals surface area contributed by atoms with Crippen molar-refractivity contribution in [1.29, 1.82) is 0 Å². The monoisotopic (exact) mass is 310 g/mol. The van der Waals surface area contributed by atoms with Crippen molar-refractivity contribution in [3.8, 4) is 5.75 Å². The highest BCUT2D eigenvalue weighted by molar-refractivity contribution is 9.10. The van der Waals surface area contributed by atoms with E-state index in [-0.39, 0.29) is 11.3 Å². The van der Waals surface area contributed by atoms with Gasteiger partial charge >= 0.3 is 0 Å². The Kier molecular flexibility index (Phi) is 3.99. The summed E-state index contributed by atoms with van der Waals surface area (Å²) in [6.07, 6.45) is -0.596. The zero-order valence-corrected chi connectivity index (χ0v) is 11.1. The second-order valence-corrected chi connectivity index (χ2v) is 4.97. The fourth-order valence-corrected chi connectivity index (χ4v) is 2.07. The summed E-state index contributed by atoms with van der Waals surface area (Å²) in [7, 11) is 0. The standard InChI is InChI=1S/C14H12BrFO2/c15-10-3-6-12(13(16)8-10)14(18)7-9-1-4-11(17)5-2-9/h1-6,8,14,17-18H,7H2. The summed E-state index contributed by atoms with van der Waals surface area (Å²) in [6, 6.07) is 11.1. The molecular formula is C14H12BrFO2. The molecule has 0 aliphatic heterocycles. The van der Waals surface area contributed by atoms with E-state index < -0.39 is 11.9 Å². The third-order valence-electron chi connectivity index (χ3n) is 2.69. The molecule has 0 saturated carbocycles. The molecular weight excluding hydrogens is 299 g/mol. The van der Waals surface area contributed by atoms with Crippen molar-refractivity contribution >= 4 is 15.9 Å². The topological polar surface area (TPSA) is 40.5 Å². The number of aliphatic hydroxyl groups is 1. The Balaban J connectivity index is 2.16. The van der Waals surface area contributed by atoms with E-state index in [1.54, 1.807) is 36.4 Å². The Hall–Kier alpha value is -1.39. The maximum absolute atomic E-state index is 13.6. The lowest BCUT2D eigenvalue weighted by molar-refractivity contribution is 0.173. The first-order chi connectivity index (χ1) is 8.56. The summed E-state index contributed by atoms with van der Waals surface area (Å²) in [5, 5.41) is 19.2. The van der Waals surface area contributed by atoms with Crippen LogP contribution in [0.15, 0.2) is 46.9 Å². The van der Waals surface area contributed by atoms with Gasteiger partial charge in [0.25, 0.3) is 0 Å². The summed E-state index contributed by atoms with van der Waals surface area (Å²) in [6.45, 7) is 0. The van der Waals surface area contributed by atoms with Crippen LogP contribution in [0.2, 0.25) is 0 Å². The van der Waals surface area contributed by atoms with E-state index in [0.29, 0.717) is 10.9 Å². The van der Waals surface area contributed by atoms with Gasteiger partial charge in [-0.3, -0.25) is 0 Å². The van der Waals surface area contributed by atoms with Gasteiger partial charge in [-0.05, 0) is 29.8 Å². The highest BCUT2D eigenvalue weighted by atomic mass is 79.9. The van der Waals surface area contributed by atoms with Crippen molar-refractivity contribution < 1.29 is 14.6 Å². The van der Waals surface area contributed by atoms with Gasteiger partial charge in [0, 0.05) is 16.5 Å². The largest absolute Gasteiger partial charge is 0.508 e. The molecule has 1 atom stereocenters.